The number of nitrogens with one attached hydrogen (secondary N) is 3. The average molecular weight is 235 g/mol. The van der Waals surface area contributed by atoms with E-state index < -0.39 is 0 Å². The van der Waals surface area contributed by atoms with Gasteiger partial charge in [0.2, 0.25) is 5.91 Å². The summed E-state index contributed by atoms with van der Waals surface area (Å²) in [5.41, 5.74) is 0. The van der Waals surface area contributed by atoms with E-state index in [0.717, 1.165) is 23.9 Å². The summed E-state index contributed by atoms with van der Waals surface area (Å²) >= 11 is 0. The topological polar surface area (TPSA) is 78.9 Å². The monoisotopic (exact) mass is 235 g/mol. The molecular weight excluding hydrogens is 218 g/mol. The molecule has 1 saturated heterocycles. The van der Waals surface area contributed by atoms with Gasteiger partial charge in [-0.25, -0.2) is 9.97 Å². The molecule has 2 heterocycles. The van der Waals surface area contributed by atoms with Crippen LogP contribution in [-0.2, 0) is 11.2 Å². The number of carbonyl (C=O) groups is 1. The quantitative estimate of drug-likeness (QED) is 0.703. The van der Waals surface area contributed by atoms with Crippen LogP contribution in [0.1, 0.15) is 19.2 Å². The summed E-state index contributed by atoms with van der Waals surface area (Å²) in [6, 6.07) is 1.97. The van der Waals surface area contributed by atoms with Gasteiger partial charge in [0.15, 0.2) is 0 Å². The Balaban J connectivity index is 2.11. The molecule has 17 heavy (non-hydrogen) atoms. The third-order valence-corrected chi connectivity index (χ3v) is 2.67. The molecule has 0 radical (unpaired) electrons. The molecule has 0 aromatic carbocycles. The third-order valence-electron chi connectivity index (χ3n) is 2.67. The fourth-order valence-electron chi connectivity index (χ4n) is 1.77. The molecule has 6 nitrogen and oxygen atoms in total. The lowest BCUT2D eigenvalue weighted by atomic mass is 10.2. The number of amides is 1. The SMILES string of the molecule is CCc1nc(NC)cc(NC2CNC(=O)C2)n1. The molecule has 0 aliphatic carbocycles. The summed E-state index contributed by atoms with van der Waals surface area (Å²) in [7, 11) is 1.83. The van der Waals surface area contributed by atoms with Gasteiger partial charge in [0.05, 0.1) is 6.04 Å². The largest absolute Gasteiger partial charge is 0.373 e. The first-order chi connectivity index (χ1) is 8.21. The van der Waals surface area contributed by atoms with E-state index in [0.29, 0.717) is 13.0 Å². The Hall–Kier alpha value is -1.85. The Morgan fingerprint density at radius 1 is 1.47 bits per heavy atom. The number of carbonyl (C=O) groups excluding carboxylic acids is 1. The molecule has 6 heteroatoms. The summed E-state index contributed by atoms with van der Waals surface area (Å²) in [6.07, 6.45) is 1.28. The second-order valence-corrected chi connectivity index (χ2v) is 4.01. The van der Waals surface area contributed by atoms with Crippen molar-refractivity contribution in [1.29, 1.82) is 0 Å². The molecule has 3 N–H and O–H groups in total. The highest BCUT2D eigenvalue weighted by molar-refractivity contribution is 5.79. The van der Waals surface area contributed by atoms with Gasteiger partial charge in [-0.05, 0) is 0 Å². The summed E-state index contributed by atoms with van der Waals surface area (Å²) < 4.78 is 0. The molecule has 1 fully saturated rings. The van der Waals surface area contributed by atoms with Gasteiger partial charge in [-0.2, -0.15) is 0 Å². The minimum absolute atomic E-state index is 0.0844. The van der Waals surface area contributed by atoms with E-state index in [1.807, 2.05) is 20.0 Å². The van der Waals surface area contributed by atoms with Gasteiger partial charge in [-0.3, -0.25) is 4.79 Å². The lowest BCUT2D eigenvalue weighted by Crippen LogP contribution is -2.23. The smallest absolute Gasteiger partial charge is 0.222 e. The van der Waals surface area contributed by atoms with Crippen molar-refractivity contribution in [3.8, 4) is 0 Å². The molecule has 0 saturated carbocycles. The summed E-state index contributed by atoms with van der Waals surface area (Å²) in [5.74, 6) is 2.43. The average Bonchev–Trinajstić information content (AvgIpc) is 2.74. The normalized spacial score (nSPS) is 18.9. The number of hydrogen-bond donors (Lipinski definition) is 3. The number of aryl methyl sites for hydroxylation is 1. The van der Waals surface area contributed by atoms with E-state index in [1.165, 1.54) is 0 Å². The minimum Gasteiger partial charge on any atom is -0.373 e. The predicted octanol–water partition coefficient (Wildman–Crippen LogP) is 0.381. The Kier molecular flexibility index (Phi) is 3.41. The van der Waals surface area contributed by atoms with Crippen molar-refractivity contribution in [2.45, 2.75) is 25.8 Å². The molecule has 1 amide bonds. The molecule has 2 rings (SSSR count). The molecule has 1 aromatic rings. The van der Waals surface area contributed by atoms with Crippen LogP contribution in [0.4, 0.5) is 11.6 Å². The number of aromatic nitrogens is 2. The fourth-order valence-corrected chi connectivity index (χ4v) is 1.77. The van der Waals surface area contributed by atoms with Gasteiger partial charge in [0.25, 0.3) is 0 Å². The van der Waals surface area contributed by atoms with Crippen LogP contribution in [0, 0.1) is 0 Å². The van der Waals surface area contributed by atoms with Crippen molar-refractivity contribution < 1.29 is 4.79 Å². The van der Waals surface area contributed by atoms with Gasteiger partial charge in [-0.15, -0.1) is 0 Å². The van der Waals surface area contributed by atoms with Crippen LogP contribution >= 0.6 is 0 Å². The Morgan fingerprint density at radius 2 is 2.24 bits per heavy atom. The van der Waals surface area contributed by atoms with Crippen LogP contribution in [-0.4, -0.2) is 35.5 Å². The van der Waals surface area contributed by atoms with Crippen LogP contribution < -0.4 is 16.0 Å². The van der Waals surface area contributed by atoms with Crippen LogP contribution in [0.2, 0.25) is 0 Å². The maximum atomic E-state index is 11.1. The summed E-state index contributed by atoms with van der Waals surface area (Å²) in [6.45, 7) is 2.67. The van der Waals surface area contributed by atoms with Crippen molar-refractivity contribution in [1.82, 2.24) is 15.3 Å². The van der Waals surface area contributed by atoms with Crippen LogP contribution in [0.3, 0.4) is 0 Å². The molecule has 1 aliphatic rings. The van der Waals surface area contributed by atoms with Gasteiger partial charge in [0.1, 0.15) is 17.5 Å². The van der Waals surface area contributed by atoms with Crippen molar-refractivity contribution in [2.75, 3.05) is 24.2 Å². The van der Waals surface area contributed by atoms with Crippen molar-refractivity contribution in [2.24, 2.45) is 0 Å². The van der Waals surface area contributed by atoms with E-state index in [-0.39, 0.29) is 11.9 Å². The number of hydrogen-bond acceptors (Lipinski definition) is 5. The molecule has 0 spiro atoms. The fraction of sp³-hybridized carbons (Fsp3) is 0.545. The van der Waals surface area contributed by atoms with E-state index in [2.05, 4.69) is 25.9 Å². The zero-order valence-corrected chi connectivity index (χ0v) is 10.1. The molecule has 92 valence electrons. The van der Waals surface area contributed by atoms with Gasteiger partial charge < -0.3 is 16.0 Å². The first kappa shape index (κ1) is 11.6. The highest BCUT2D eigenvalue weighted by Gasteiger charge is 2.21. The maximum Gasteiger partial charge on any atom is 0.222 e. The van der Waals surface area contributed by atoms with Crippen molar-refractivity contribution in [3.05, 3.63) is 11.9 Å². The highest BCUT2D eigenvalue weighted by Crippen LogP contribution is 2.14. The minimum atomic E-state index is 0.0844. The predicted molar refractivity (Wildman–Crippen MR) is 66.0 cm³/mol. The second kappa shape index (κ2) is 4.99. The van der Waals surface area contributed by atoms with E-state index in [9.17, 15) is 4.79 Å². The molecule has 1 atom stereocenters. The van der Waals surface area contributed by atoms with Gasteiger partial charge in [0, 0.05) is 32.5 Å². The van der Waals surface area contributed by atoms with Crippen molar-refractivity contribution >= 4 is 17.5 Å². The number of anilines is 2. The highest BCUT2D eigenvalue weighted by atomic mass is 16.1. The summed E-state index contributed by atoms with van der Waals surface area (Å²) in [4.78, 5) is 19.8. The summed E-state index contributed by atoms with van der Waals surface area (Å²) in [5, 5.41) is 9.03. The molecule has 0 bridgehead atoms. The Labute approximate surface area is 100 Å². The lowest BCUT2D eigenvalue weighted by Gasteiger charge is -2.13. The zero-order valence-electron chi connectivity index (χ0n) is 10.1. The molecular formula is C11H17N5O. The molecule has 1 aliphatic heterocycles. The van der Waals surface area contributed by atoms with Crippen LogP contribution in [0.15, 0.2) is 6.07 Å². The van der Waals surface area contributed by atoms with E-state index in [1.54, 1.807) is 0 Å². The first-order valence-corrected chi connectivity index (χ1v) is 5.80. The molecule has 1 aromatic heterocycles. The number of rotatable bonds is 4. The Bertz CT molecular complexity index is 398. The maximum absolute atomic E-state index is 11.1. The lowest BCUT2D eigenvalue weighted by molar-refractivity contribution is -0.119. The van der Waals surface area contributed by atoms with E-state index >= 15 is 0 Å². The standard InChI is InChI=1S/C11H17N5O/c1-3-8-15-9(12-2)5-10(16-8)14-7-4-11(17)13-6-7/h5,7H,3-4,6H2,1-2H3,(H,13,17)(H2,12,14,15,16). The van der Waals surface area contributed by atoms with Gasteiger partial charge >= 0.3 is 0 Å². The van der Waals surface area contributed by atoms with Gasteiger partial charge in [-0.1, -0.05) is 6.92 Å². The Morgan fingerprint density at radius 3 is 2.82 bits per heavy atom. The van der Waals surface area contributed by atoms with Crippen LogP contribution in [0.5, 0.6) is 0 Å². The van der Waals surface area contributed by atoms with Crippen LogP contribution in [0.25, 0.3) is 0 Å². The number of nitrogens with zero attached hydrogens (tertiary/aromatic N) is 2. The third kappa shape index (κ3) is 2.83. The van der Waals surface area contributed by atoms with E-state index in [4.69, 9.17) is 0 Å². The second-order valence-electron chi connectivity index (χ2n) is 4.01. The van der Waals surface area contributed by atoms with Crippen molar-refractivity contribution in [3.63, 3.8) is 0 Å². The zero-order chi connectivity index (χ0) is 12.3. The molecule has 1 unspecified atom stereocenters. The first-order valence-electron chi connectivity index (χ1n) is 5.80.